The number of carboxylic acid groups (broad SMARTS) is 1. The molecular weight excluding hydrogens is 376 g/mol. The Hall–Kier alpha value is -3.08. The molecule has 0 bridgehead atoms. The van der Waals surface area contributed by atoms with Crippen molar-refractivity contribution in [1.82, 2.24) is 9.47 Å². The molecule has 0 saturated carbocycles. The van der Waals surface area contributed by atoms with E-state index in [1.807, 2.05) is 42.3 Å². The van der Waals surface area contributed by atoms with E-state index in [0.717, 1.165) is 47.8 Å². The van der Waals surface area contributed by atoms with Gasteiger partial charge in [-0.25, -0.2) is 0 Å². The minimum Gasteiger partial charge on any atom is -0.481 e. The second-order valence-electron chi connectivity index (χ2n) is 8.56. The standard InChI is InChI=1S/C25H26N2O3/c1-26(25(30)20-12-10-16-6-2-3-7-18(16)20)17-11-13-23-21(14-24(28)29)19-8-4-5-9-22(19)27(23)15-17/h2-9,17,20H,10-15H2,1H3,(H,28,29)/t17-,20?/m1/s1. The van der Waals surface area contributed by atoms with Crippen LogP contribution in [0.3, 0.4) is 0 Å². The Morgan fingerprint density at radius 1 is 1.07 bits per heavy atom. The Morgan fingerprint density at radius 2 is 1.83 bits per heavy atom. The number of rotatable bonds is 4. The van der Waals surface area contributed by atoms with E-state index in [1.54, 1.807) is 0 Å². The van der Waals surface area contributed by atoms with Gasteiger partial charge in [-0.2, -0.15) is 0 Å². The van der Waals surface area contributed by atoms with Gasteiger partial charge in [0.25, 0.3) is 0 Å². The van der Waals surface area contributed by atoms with Crippen LogP contribution < -0.4 is 0 Å². The first kappa shape index (κ1) is 18.9. The highest BCUT2D eigenvalue weighted by Crippen LogP contribution is 2.36. The van der Waals surface area contributed by atoms with Crippen LogP contribution in [0.1, 0.15) is 41.1 Å². The van der Waals surface area contributed by atoms with E-state index in [9.17, 15) is 14.7 Å². The summed E-state index contributed by atoms with van der Waals surface area (Å²) in [6, 6.07) is 16.4. The molecule has 2 heterocycles. The van der Waals surface area contributed by atoms with Crippen LogP contribution in [0.25, 0.3) is 10.9 Å². The molecule has 0 fully saturated rings. The fourth-order valence-electron chi connectivity index (χ4n) is 5.43. The summed E-state index contributed by atoms with van der Waals surface area (Å²) in [5, 5.41) is 10.4. The SMILES string of the molecule is CN(C(=O)C1CCc2ccccc21)[C@@H]1CCc2c(CC(=O)O)c3ccccc3n2C1. The van der Waals surface area contributed by atoms with Crippen LogP contribution in [0.2, 0.25) is 0 Å². The first-order chi connectivity index (χ1) is 14.5. The van der Waals surface area contributed by atoms with Crippen LogP contribution in [-0.2, 0) is 35.4 Å². The van der Waals surface area contributed by atoms with E-state index < -0.39 is 5.97 Å². The zero-order valence-corrected chi connectivity index (χ0v) is 17.2. The Labute approximate surface area is 175 Å². The van der Waals surface area contributed by atoms with Crippen molar-refractivity contribution in [2.45, 2.75) is 50.6 Å². The Balaban J connectivity index is 1.43. The number of nitrogens with zero attached hydrogens (tertiary/aromatic N) is 2. The third-order valence-corrected chi connectivity index (χ3v) is 6.96. The number of likely N-dealkylation sites (N-methyl/N-ethyl adjacent to an activating group) is 1. The number of hydrogen-bond acceptors (Lipinski definition) is 2. The second-order valence-corrected chi connectivity index (χ2v) is 8.56. The van der Waals surface area contributed by atoms with Crippen molar-refractivity contribution < 1.29 is 14.7 Å². The molecule has 2 aliphatic rings. The lowest BCUT2D eigenvalue weighted by atomic mass is 9.96. The number of aromatic nitrogens is 1. The van der Waals surface area contributed by atoms with Gasteiger partial charge in [-0.15, -0.1) is 0 Å². The lowest BCUT2D eigenvalue weighted by Gasteiger charge is -2.35. The zero-order valence-electron chi connectivity index (χ0n) is 17.2. The summed E-state index contributed by atoms with van der Waals surface area (Å²) in [6.45, 7) is 0.714. The summed E-state index contributed by atoms with van der Waals surface area (Å²) in [5.41, 5.74) is 5.59. The van der Waals surface area contributed by atoms with Crippen LogP contribution in [0.15, 0.2) is 48.5 Å². The number of fused-ring (bicyclic) bond motifs is 4. The van der Waals surface area contributed by atoms with Crippen LogP contribution in [0, 0.1) is 0 Å². The van der Waals surface area contributed by atoms with Gasteiger partial charge in [0.15, 0.2) is 0 Å². The third-order valence-electron chi connectivity index (χ3n) is 6.96. The lowest BCUT2D eigenvalue weighted by molar-refractivity contribution is -0.136. The highest BCUT2D eigenvalue weighted by molar-refractivity contribution is 5.89. The summed E-state index contributed by atoms with van der Waals surface area (Å²) in [5.74, 6) is -0.643. The highest BCUT2D eigenvalue weighted by Gasteiger charge is 2.35. The van der Waals surface area contributed by atoms with Crippen LogP contribution in [-0.4, -0.2) is 39.5 Å². The average Bonchev–Trinajstić information content (AvgIpc) is 3.32. The van der Waals surface area contributed by atoms with Gasteiger partial charge in [0.05, 0.1) is 12.3 Å². The molecule has 5 rings (SSSR count). The molecule has 1 amide bonds. The minimum absolute atomic E-state index is 0.0428. The topological polar surface area (TPSA) is 62.5 Å². The van der Waals surface area contributed by atoms with Gasteiger partial charge in [0.2, 0.25) is 5.91 Å². The van der Waals surface area contributed by atoms with E-state index in [4.69, 9.17) is 0 Å². The number of benzene rings is 2. The molecule has 2 aromatic carbocycles. The number of carbonyl (C=O) groups excluding carboxylic acids is 1. The van der Waals surface area contributed by atoms with Gasteiger partial charge < -0.3 is 14.6 Å². The molecule has 0 radical (unpaired) electrons. The van der Waals surface area contributed by atoms with Crippen molar-refractivity contribution in [3.63, 3.8) is 0 Å². The normalized spacial score (nSPS) is 20.0. The molecule has 5 heteroatoms. The van der Waals surface area contributed by atoms with Crippen molar-refractivity contribution in [2.24, 2.45) is 0 Å². The molecule has 1 unspecified atom stereocenters. The van der Waals surface area contributed by atoms with Gasteiger partial charge in [0.1, 0.15) is 0 Å². The Kier molecular flexibility index (Phi) is 4.61. The first-order valence-corrected chi connectivity index (χ1v) is 10.7. The van der Waals surface area contributed by atoms with E-state index >= 15 is 0 Å². The number of carbonyl (C=O) groups is 2. The molecule has 0 saturated heterocycles. The molecule has 1 aromatic heterocycles. The van der Waals surface area contributed by atoms with Crippen LogP contribution in [0.4, 0.5) is 0 Å². The zero-order chi connectivity index (χ0) is 20.8. The average molecular weight is 402 g/mol. The Morgan fingerprint density at radius 3 is 2.67 bits per heavy atom. The predicted octanol–water partition coefficient (Wildman–Crippen LogP) is 3.77. The number of amides is 1. The van der Waals surface area contributed by atoms with Gasteiger partial charge >= 0.3 is 5.97 Å². The van der Waals surface area contributed by atoms with Crippen molar-refractivity contribution in [3.8, 4) is 0 Å². The molecule has 0 spiro atoms. The molecule has 1 N–H and O–H groups in total. The maximum absolute atomic E-state index is 13.4. The maximum Gasteiger partial charge on any atom is 0.307 e. The Bertz CT molecular complexity index is 1150. The van der Waals surface area contributed by atoms with Gasteiger partial charge in [-0.05, 0) is 48.4 Å². The second kappa shape index (κ2) is 7.31. The number of hydrogen-bond donors (Lipinski definition) is 1. The van der Waals surface area contributed by atoms with Crippen LogP contribution in [0.5, 0.6) is 0 Å². The van der Waals surface area contributed by atoms with Crippen molar-refractivity contribution in [3.05, 3.63) is 70.9 Å². The van der Waals surface area contributed by atoms with Gasteiger partial charge in [0, 0.05) is 36.2 Å². The number of aryl methyl sites for hydroxylation is 1. The molecule has 5 nitrogen and oxygen atoms in total. The predicted molar refractivity (Wildman–Crippen MR) is 116 cm³/mol. The summed E-state index contributed by atoms with van der Waals surface area (Å²) in [4.78, 5) is 26.8. The van der Waals surface area contributed by atoms with Crippen molar-refractivity contribution >= 4 is 22.8 Å². The van der Waals surface area contributed by atoms with Crippen molar-refractivity contribution in [1.29, 1.82) is 0 Å². The largest absolute Gasteiger partial charge is 0.481 e. The highest BCUT2D eigenvalue weighted by atomic mass is 16.4. The molecule has 1 aliphatic heterocycles. The fourth-order valence-corrected chi connectivity index (χ4v) is 5.43. The molecule has 154 valence electrons. The minimum atomic E-state index is -0.802. The van der Waals surface area contributed by atoms with Gasteiger partial charge in [-0.3, -0.25) is 9.59 Å². The summed E-state index contributed by atoms with van der Waals surface area (Å²) in [6.07, 6.45) is 3.55. The van der Waals surface area contributed by atoms with E-state index in [0.29, 0.717) is 6.54 Å². The van der Waals surface area contributed by atoms with E-state index in [2.05, 4.69) is 22.8 Å². The summed E-state index contributed by atoms with van der Waals surface area (Å²) >= 11 is 0. The van der Waals surface area contributed by atoms with Crippen LogP contribution >= 0.6 is 0 Å². The lowest BCUT2D eigenvalue weighted by Crippen LogP contribution is -2.44. The smallest absolute Gasteiger partial charge is 0.307 e. The van der Waals surface area contributed by atoms with Crippen molar-refractivity contribution in [2.75, 3.05) is 7.05 Å². The number of carboxylic acids is 1. The maximum atomic E-state index is 13.4. The fraction of sp³-hybridized carbons (Fsp3) is 0.360. The number of para-hydroxylation sites is 1. The van der Waals surface area contributed by atoms with E-state index in [-0.39, 0.29) is 24.3 Å². The first-order valence-electron chi connectivity index (χ1n) is 10.7. The molecule has 30 heavy (non-hydrogen) atoms. The summed E-state index contributed by atoms with van der Waals surface area (Å²) in [7, 11) is 1.93. The quantitative estimate of drug-likeness (QED) is 0.723. The summed E-state index contributed by atoms with van der Waals surface area (Å²) < 4.78 is 2.24. The molecular formula is C25H26N2O3. The third kappa shape index (κ3) is 3.00. The molecule has 3 aromatic rings. The van der Waals surface area contributed by atoms with E-state index in [1.165, 1.54) is 11.1 Å². The molecule has 2 atom stereocenters. The number of aliphatic carboxylic acids is 1. The monoisotopic (exact) mass is 402 g/mol. The van der Waals surface area contributed by atoms with Gasteiger partial charge in [-0.1, -0.05) is 42.5 Å². The molecule has 1 aliphatic carbocycles.